The monoisotopic (exact) mass is 317 g/mol. The molecule has 2 heterocycles. The number of carbonyl (C=O) groups excluding carboxylic acids is 1. The largest absolute Gasteiger partial charge is 0.445 e. The molecule has 2 aromatic rings. The van der Waals surface area contributed by atoms with Crippen LogP contribution >= 0.6 is 0 Å². The molecule has 1 aromatic heterocycles. The van der Waals surface area contributed by atoms with Crippen molar-refractivity contribution in [3.05, 3.63) is 47.6 Å². The fraction of sp³-hybridized carbons (Fsp3) is 0.438. The molecule has 0 saturated carbocycles. The average Bonchev–Trinajstić information content (AvgIpc) is 3.19. The highest BCUT2D eigenvalue weighted by Crippen LogP contribution is 2.31. The Morgan fingerprint density at radius 3 is 2.91 bits per heavy atom. The Morgan fingerprint density at radius 1 is 1.43 bits per heavy atom. The second kappa shape index (κ2) is 6.78. The molecule has 23 heavy (non-hydrogen) atoms. The van der Waals surface area contributed by atoms with E-state index in [4.69, 9.17) is 9.26 Å². The number of nitrogens with zero attached hydrogens (tertiary/aromatic N) is 3. The van der Waals surface area contributed by atoms with Gasteiger partial charge in [-0.05, 0) is 5.56 Å². The van der Waals surface area contributed by atoms with Gasteiger partial charge in [-0.2, -0.15) is 4.98 Å². The Labute approximate surface area is 133 Å². The van der Waals surface area contributed by atoms with Crippen LogP contribution in [0, 0.1) is 0 Å². The third-order valence-electron chi connectivity index (χ3n) is 3.80. The van der Waals surface area contributed by atoms with E-state index in [2.05, 4.69) is 10.1 Å². The topological polar surface area (TPSA) is 88.7 Å². The minimum absolute atomic E-state index is 0.184. The van der Waals surface area contributed by atoms with E-state index in [1.165, 1.54) is 4.90 Å². The number of carbonyl (C=O) groups is 1. The van der Waals surface area contributed by atoms with Gasteiger partial charge in [-0.3, -0.25) is 4.90 Å². The summed E-state index contributed by atoms with van der Waals surface area (Å²) >= 11 is 0. The normalized spacial score (nSPS) is 20.7. The van der Waals surface area contributed by atoms with Crippen LogP contribution in [-0.4, -0.2) is 38.9 Å². The van der Waals surface area contributed by atoms with Crippen molar-refractivity contribution in [3.63, 3.8) is 0 Å². The molecule has 0 spiro atoms. The number of aliphatic hydroxyl groups excluding tert-OH is 1. The SMILES string of the molecule is CCc1noc([C@H]2C[C@H](O)CN2C(=O)OCc2ccccc2)n1. The zero-order chi connectivity index (χ0) is 16.2. The molecule has 7 nitrogen and oxygen atoms in total. The van der Waals surface area contributed by atoms with Crippen molar-refractivity contribution in [1.82, 2.24) is 15.0 Å². The van der Waals surface area contributed by atoms with Crippen LogP contribution < -0.4 is 0 Å². The molecule has 1 aliphatic rings. The van der Waals surface area contributed by atoms with Gasteiger partial charge >= 0.3 is 6.09 Å². The first-order valence-corrected chi connectivity index (χ1v) is 7.65. The quantitative estimate of drug-likeness (QED) is 0.928. The molecular formula is C16H19N3O4. The first kappa shape index (κ1) is 15.5. The number of amides is 1. The van der Waals surface area contributed by atoms with Gasteiger partial charge in [0.25, 0.3) is 0 Å². The van der Waals surface area contributed by atoms with Gasteiger partial charge in [-0.25, -0.2) is 4.79 Å². The Hall–Kier alpha value is -2.41. The molecule has 2 atom stereocenters. The van der Waals surface area contributed by atoms with E-state index in [0.29, 0.717) is 24.6 Å². The number of aromatic nitrogens is 2. The minimum Gasteiger partial charge on any atom is -0.445 e. The van der Waals surface area contributed by atoms with Crippen molar-refractivity contribution < 1.29 is 19.2 Å². The van der Waals surface area contributed by atoms with Crippen LogP contribution in [0.2, 0.25) is 0 Å². The van der Waals surface area contributed by atoms with Gasteiger partial charge in [0.05, 0.1) is 12.6 Å². The first-order chi connectivity index (χ1) is 11.2. The predicted octanol–water partition coefficient (Wildman–Crippen LogP) is 2.08. The summed E-state index contributed by atoms with van der Waals surface area (Å²) in [6.45, 7) is 2.30. The van der Waals surface area contributed by atoms with Crippen LogP contribution in [0.4, 0.5) is 4.79 Å². The number of aryl methyl sites for hydroxylation is 1. The van der Waals surface area contributed by atoms with E-state index in [-0.39, 0.29) is 13.2 Å². The summed E-state index contributed by atoms with van der Waals surface area (Å²) in [7, 11) is 0. The molecule has 1 aliphatic heterocycles. The van der Waals surface area contributed by atoms with Crippen LogP contribution in [0.3, 0.4) is 0 Å². The molecule has 1 amide bonds. The van der Waals surface area contributed by atoms with E-state index in [0.717, 1.165) is 5.56 Å². The summed E-state index contributed by atoms with van der Waals surface area (Å²) in [5.41, 5.74) is 0.906. The molecule has 1 fully saturated rings. The van der Waals surface area contributed by atoms with Crippen molar-refractivity contribution in [3.8, 4) is 0 Å². The highest BCUT2D eigenvalue weighted by Gasteiger charge is 2.39. The van der Waals surface area contributed by atoms with Crippen molar-refractivity contribution in [2.75, 3.05) is 6.54 Å². The number of hydrogen-bond acceptors (Lipinski definition) is 6. The summed E-state index contributed by atoms with van der Waals surface area (Å²) in [6.07, 6.45) is -0.101. The lowest BCUT2D eigenvalue weighted by Gasteiger charge is -2.20. The molecule has 0 radical (unpaired) electrons. The average molecular weight is 317 g/mol. The number of likely N-dealkylation sites (tertiary alicyclic amines) is 1. The number of β-amino-alcohol motifs (C(OH)–C–C–N with tert-alkyl or cyclic N) is 1. The fourth-order valence-corrected chi connectivity index (χ4v) is 2.60. The fourth-order valence-electron chi connectivity index (χ4n) is 2.60. The van der Waals surface area contributed by atoms with Crippen molar-refractivity contribution in [2.45, 2.75) is 38.5 Å². The van der Waals surface area contributed by atoms with Crippen molar-refractivity contribution >= 4 is 6.09 Å². The molecule has 1 saturated heterocycles. The third kappa shape index (κ3) is 3.50. The molecule has 1 N–H and O–H groups in total. The van der Waals surface area contributed by atoms with Gasteiger partial charge < -0.3 is 14.4 Å². The lowest BCUT2D eigenvalue weighted by molar-refractivity contribution is 0.0831. The van der Waals surface area contributed by atoms with Crippen molar-refractivity contribution in [2.24, 2.45) is 0 Å². The highest BCUT2D eigenvalue weighted by atomic mass is 16.6. The Bertz CT molecular complexity index is 658. The van der Waals surface area contributed by atoms with Crippen LogP contribution in [0.5, 0.6) is 0 Å². The molecule has 3 rings (SSSR count). The zero-order valence-electron chi connectivity index (χ0n) is 12.9. The summed E-state index contributed by atoms with van der Waals surface area (Å²) in [6, 6.07) is 9.00. The van der Waals surface area contributed by atoms with Gasteiger partial charge in [-0.1, -0.05) is 42.4 Å². The molecule has 7 heteroatoms. The lowest BCUT2D eigenvalue weighted by Crippen LogP contribution is -2.32. The molecule has 0 unspecified atom stereocenters. The summed E-state index contributed by atoms with van der Waals surface area (Å²) in [5.74, 6) is 0.925. The molecule has 122 valence electrons. The highest BCUT2D eigenvalue weighted by molar-refractivity contribution is 5.68. The molecule has 0 bridgehead atoms. The number of benzene rings is 1. The summed E-state index contributed by atoms with van der Waals surface area (Å²) in [4.78, 5) is 18.0. The van der Waals surface area contributed by atoms with Gasteiger partial charge in [-0.15, -0.1) is 0 Å². The Balaban J connectivity index is 1.67. The minimum atomic E-state index is -0.624. The molecular weight excluding hydrogens is 298 g/mol. The number of aliphatic hydroxyl groups is 1. The first-order valence-electron chi connectivity index (χ1n) is 7.65. The standard InChI is InChI=1S/C16H19N3O4/c1-2-14-17-15(23-18-14)13-8-12(20)9-19(13)16(21)22-10-11-6-4-3-5-7-11/h3-7,12-13,20H,2,8-10H2,1H3/t12-,13+/m0/s1. The number of ether oxygens (including phenoxy) is 1. The van der Waals surface area contributed by atoms with E-state index in [1.807, 2.05) is 37.3 Å². The maximum Gasteiger partial charge on any atom is 0.410 e. The second-order valence-electron chi connectivity index (χ2n) is 5.50. The number of hydrogen-bond donors (Lipinski definition) is 1. The zero-order valence-corrected chi connectivity index (χ0v) is 12.9. The van der Waals surface area contributed by atoms with Gasteiger partial charge in [0, 0.05) is 12.8 Å². The maximum atomic E-state index is 12.3. The Kier molecular flexibility index (Phi) is 4.57. The van der Waals surface area contributed by atoms with Gasteiger partial charge in [0.15, 0.2) is 5.82 Å². The van der Waals surface area contributed by atoms with E-state index in [1.54, 1.807) is 0 Å². The maximum absolute atomic E-state index is 12.3. The molecule has 1 aromatic carbocycles. The van der Waals surface area contributed by atoms with Gasteiger partial charge in [0.2, 0.25) is 5.89 Å². The smallest absolute Gasteiger partial charge is 0.410 e. The lowest BCUT2D eigenvalue weighted by atomic mass is 10.2. The summed E-state index contributed by atoms with van der Waals surface area (Å²) < 4.78 is 10.5. The third-order valence-corrected chi connectivity index (χ3v) is 3.80. The van der Waals surface area contributed by atoms with E-state index >= 15 is 0 Å². The van der Waals surface area contributed by atoms with E-state index < -0.39 is 18.2 Å². The van der Waals surface area contributed by atoms with Crippen LogP contribution in [-0.2, 0) is 17.8 Å². The van der Waals surface area contributed by atoms with Crippen LogP contribution in [0.25, 0.3) is 0 Å². The van der Waals surface area contributed by atoms with E-state index in [9.17, 15) is 9.90 Å². The van der Waals surface area contributed by atoms with Crippen LogP contribution in [0.1, 0.15) is 36.7 Å². The van der Waals surface area contributed by atoms with Gasteiger partial charge in [0.1, 0.15) is 12.6 Å². The second-order valence-corrected chi connectivity index (χ2v) is 5.50. The number of rotatable bonds is 4. The Morgan fingerprint density at radius 2 is 2.22 bits per heavy atom. The predicted molar refractivity (Wildman–Crippen MR) is 80.4 cm³/mol. The van der Waals surface area contributed by atoms with Crippen molar-refractivity contribution in [1.29, 1.82) is 0 Å². The molecule has 0 aliphatic carbocycles. The summed E-state index contributed by atoms with van der Waals surface area (Å²) in [5, 5.41) is 13.7. The van der Waals surface area contributed by atoms with Crippen LogP contribution in [0.15, 0.2) is 34.9 Å².